The van der Waals surface area contributed by atoms with Crippen molar-refractivity contribution >= 4 is 22.8 Å². The van der Waals surface area contributed by atoms with Crippen molar-refractivity contribution in [1.29, 1.82) is 0 Å². The number of anilines is 1. The molecular weight excluding hydrogens is 339 g/mol. The standard InChI is InChI=1S/C18H21FN4O3/c1-9(20)10-4-5-22(7-10)17-14(19)6-12-15(24)13(18(25)26)8-23(11-2-3-11)16(12)21-17/h6,8-11H,2-5,7,20H2,1H3,(H,25,26)/t9-,10-/m0/s1. The Kier molecular flexibility index (Phi) is 3.95. The molecule has 2 fully saturated rings. The molecule has 2 aliphatic rings. The SMILES string of the molecule is C[C@H](N)[C@H]1CCN(c2nc3c(cc2F)c(=O)c(C(=O)O)cn3C2CC2)C1. The van der Waals surface area contributed by atoms with Crippen molar-refractivity contribution < 1.29 is 14.3 Å². The maximum absolute atomic E-state index is 14.7. The third-order valence-corrected chi connectivity index (χ3v) is 5.38. The lowest BCUT2D eigenvalue weighted by Gasteiger charge is -2.21. The van der Waals surface area contributed by atoms with E-state index in [0.717, 1.165) is 25.3 Å². The van der Waals surface area contributed by atoms with E-state index < -0.39 is 17.2 Å². The topological polar surface area (TPSA) is 101 Å². The number of nitrogens with two attached hydrogens (primary N) is 1. The number of hydrogen-bond donors (Lipinski definition) is 2. The van der Waals surface area contributed by atoms with E-state index in [-0.39, 0.29) is 34.8 Å². The lowest BCUT2D eigenvalue weighted by molar-refractivity contribution is 0.0695. The van der Waals surface area contributed by atoms with Crippen LogP contribution in [-0.2, 0) is 0 Å². The first-order valence-electron chi connectivity index (χ1n) is 8.86. The highest BCUT2D eigenvalue weighted by Gasteiger charge is 2.31. The molecule has 0 aromatic carbocycles. The summed E-state index contributed by atoms with van der Waals surface area (Å²) in [7, 11) is 0. The third-order valence-electron chi connectivity index (χ3n) is 5.38. The summed E-state index contributed by atoms with van der Waals surface area (Å²) < 4.78 is 16.4. The zero-order chi connectivity index (χ0) is 18.6. The number of aromatic carboxylic acids is 1. The van der Waals surface area contributed by atoms with Crippen molar-refractivity contribution in [2.45, 2.75) is 38.3 Å². The number of rotatable bonds is 4. The number of carboxylic acids is 1. The van der Waals surface area contributed by atoms with Crippen LogP contribution in [0.2, 0.25) is 0 Å². The van der Waals surface area contributed by atoms with Crippen LogP contribution < -0.4 is 16.1 Å². The summed E-state index contributed by atoms with van der Waals surface area (Å²) >= 11 is 0. The molecule has 0 radical (unpaired) electrons. The van der Waals surface area contributed by atoms with Gasteiger partial charge in [-0.05, 0) is 38.2 Å². The van der Waals surface area contributed by atoms with Gasteiger partial charge in [0.05, 0.1) is 5.39 Å². The number of nitrogens with zero attached hydrogens (tertiary/aromatic N) is 3. The summed E-state index contributed by atoms with van der Waals surface area (Å²) in [5, 5.41) is 9.30. The van der Waals surface area contributed by atoms with E-state index in [1.807, 2.05) is 11.8 Å². The minimum atomic E-state index is -1.31. The second-order valence-electron chi connectivity index (χ2n) is 7.33. The summed E-state index contributed by atoms with van der Waals surface area (Å²) in [5.41, 5.74) is 5.26. The molecule has 3 heterocycles. The normalized spacial score (nSPS) is 21.3. The van der Waals surface area contributed by atoms with Gasteiger partial charge in [0.2, 0.25) is 5.43 Å². The van der Waals surface area contributed by atoms with Crippen LogP contribution in [0.25, 0.3) is 11.0 Å². The first kappa shape index (κ1) is 17.0. The fourth-order valence-electron chi connectivity index (χ4n) is 3.65. The molecule has 26 heavy (non-hydrogen) atoms. The summed E-state index contributed by atoms with van der Waals surface area (Å²) in [6.07, 6.45) is 3.99. The zero-order valence-corrected chi connectivity index (χ0v) is 14.5. The van der Waals surface area contributed by atoms with Crippen molar-refractivity contribution in [2.75, 3.05) is 18.0 Å². The molecule has 0 bridgehead atoms. The van der Waals surface area contributed by atoms with E-state index in [2.05, 4.69) is 4.98 Å². The maximum Gasteiger partial charge on any atom is 0.341 e. The second kappa shape index (κ2) is 6.05. The predicted molar refractivity (Wildman–Crippen MR) is 95.2 cm³/mol. The number of carboxylic acid groups (broad SMARTS) is 1. The number of carbonyl (C=O) groups is 1. The molecule has 1 saturated heterocycles. The van der Waals surface area contributed by atoms with E-state index in [1.54, 1.807) is 4.57 Å². The molecule has 1 saturated carbocycles. The van der Waals surface area contributed by atoms with E-state index >= 15 is 0 Å². The van der Waals surface area contributed by atoms with Gasteiger partial charge in [0.15, 0.2) is 11.6 Å². The number of aromatic nitrogens is 2. The van der Waals surface area contributed by atoms with Gasteiger partial charge in [0, 0.05) is 31.4 Å². The van der Waals surface area contributed by atoms with Crippen LogP contribution in [0.15, 0.2) is 17.1 Å². The number of hydrogen-bond acceptors (Lipinski definition) is 5. The Balaban J connectivity index is 1.86. The van der Waals surface area contributed by atoms with E-state index in [1.165, 1.54) is 6.20 Å². The van der Waals surface area contributed by atoms with Crippen molar-refractivity contribution in [2.24, 2.45) is 11.7 Å². The van der Waals surface area contributed by atoms with Crippen LogP contribution in [0.3, 0.4) is 0 Å². The molecule has 138 valence electrons. The number of halogens is 1. The van der Waals surface area contributed by atoms with Crippen LogP contribution in [-0.4, -0.2) is 39.8 Å². The van der Waals surface area contributed by atoms with Gasteiger partial charge in [-0.25, -0.2) is 14.2 Å². The molecule has 0 unspecified atom stereocenters. The lowest BCUT2D eigenvalue weighted by atomic mass is 10.0. The van der Waals surface area contributed by atoms with E-state index in [9.17, 15) is 19.1 Å². The summed E-state index contributed by atoms with van der Waals surface area (Å²) in [5.74, 6) is -1.44. The monoisotopic (exact) mass is 360 g/mol. The lowest BCUT2D eigenvalue weighted by Crippen LogP contribution is -2.30. The van der Waals surface area contributed by atoms with Crippen LogP contribution >= 0.6 is 0 Å². The first-order chi connectivity index (χ1) is 12.4. The van der Waals surface area contributed by atoms with Crippen molar-refractivity contribution in [1.82, 2.24) is 9.55 Å². The molecular formula is C18H21FN4O3. The molecule has 0 amide bonds. The van der Waals surface area contributed by atoms with E-state index in [4.69, 9.17) is 5.73 Å². The summed E-state index contributed by atoms with van der Waals surface area (Å²) in [4.78, 5) is 30.1. The molecule has 3 N–H and O–H groups in total. The van der Waals surface area contributed by atoms with Crippen LogP contribution in [0.4, 0.5) is 10.2 Å². The highest BCUT2D eigenvalue weighted by atomic mass is 19.1. The Morgan fingerprint density at radius 3 is 2.73 bits per heavy atom. The minimum absolute atomic E-state index is 0.0148. The molecule has 4 rings (SSSR count). The van der Waals surface area contributed by atoms with Crippen molar-refractivity contribution in [3.05, 3.63) is 33.9 Å². The number of pyridine rings is 2. The fraction of sp³-hybridized carbons (Fsp3) is 0.500. The largest absolute Gasteiger partial charge is 0.477 e. The Bertz CT molecular complexity index is 952. The molecule has 2 aromatic heterocycles. The van der Waals surface area contributed by atoms with Gasteiger partial charge >= 0.3 is 5.97 Å². The van der Waals surface area contributed by atoms with Gasteiger partial charge < -0.3 is 20.3 Å². The average molecular weight is 360 g/mol. The zero-order valence-electron chi connectivity index (χ0n) is 14.5. The Morgan fingerprint density at radius 2 is 2.15 bits per heavy atom. The molecule has 2 aromatic rings. The second-order valence-corrected chi connectivity index (χ2v) is 7.33. The highest BCUT2D eigenvalue weighted by molar-refractivity contribution is 5.92. The highest BCUT2D eigenvalue weighted by Crippen LogP contribution is 2.37. The third kappa shape index (κ3) is 2.74. The maximum atomic E-state index is 14.7. The van der Waals surface area contributed by atoms with Gasteiger partial charge in [0.25, 0.3) is 0 Å². The summed E-state index contributed by atoms with van der Waals surface area (Å²) in [6, 6.07) is 1.26. The average Bonchev–Trinajstić information content (AvgIpc) is 3.30. The minimum Gasteiger partial charge on any atom is -0.477 e. The molecule has 1 aliphatic carbocycles. The number of fused-ring (bicyclic) bond motifs is 1. The Labute approximate surface area is 149 Å². The first-order valence-corrected chi connectivity index (χ1v) is 8.86. The van der Waals surface area contributed by atoms with E-state index in [0.29, 0.717) is 18.7 Å². The van der Waals surface area contributed by atoms with Gasteiger partial charge in [-0.2, -0.15) is 0 Å². The summed E-state index contributed by atoms with van der Waals surface area (Å²) in [6.45, 7) is 3.22. The van der Waals surface area contributed by atoms with Gasteiger partial charge in [-0.3, -0.25) is 4.79 Å². The molecule has 8 heteroatoms. The van der Waals surface area contributed by atoms with Crippen LogP contribution in [0, 0.1) is 11.7 Å². The van der Waals surface area contributed by atoms with Gasteiger partial charge in [-0.15, -0.1) is 0 Å². The smallest absolute Gasteiger partial charge is 0.341 e. The van der Waals surface area contributed by atoms with Crippen LogP contribution in [0.1, 0.15) is 42.6 Å². The molecule has 2 atom stereocenters. The Hall–Kier alpha value is -2.48. The van der Waals surface area contributed by atoms with Crippen LogP contribution in [0.5, 0.6) is 0 Å². The fourth-order valence-corrected chi connectivity index (χ4v) is 3.65. The van der Waals surface area contributed by atoms with Crippen molar-refractivity contribution in [3.8, 4) is 0 Å². The molecule has 7 nitrogen and oxygen atoms in total. The molecule has 0 spiro atoms. The Morgan fingerprint density at radius 1 is 1.42 bits per heavy atom. The van der Waals surface area contributed by atoms with Crippen molar-refractivity contribution in [3.63, 3.8) is 0 Å². The predicted octanol–water partition coefficient (Wildman–Crippen LogP) is 1.74. The quantitative estimate of drug-likeness (QED) is 0.861. The molecule has 1 aliphatic heterocycles. The van der Waals surface area contributed by atoms with Gasteiger partial charge in [-0.1, -0.05) is 0 Å². The van der Waals surface area contributed by atoms with Gasteiger partial charge in [0.1, 0.15) is 11.2 Å².